The SMILES string of the molecule is COc1ccc(CN(CCCN)C2CCCCC2)cc1F. The molecule has 0 spiro atoms. The van der Waals surface area contributed by atoms with Crippen molar-refractivity contribution in [2.45, 2.75) is 51.1 Å². The number of hydrogen-bond acceptors (Lipinski definition) is 3. The van der Waals surface area contributed by atoms with Crippen LogP contribution < -0.4 is 10.5 Å². The van der Waals surface area contributed by atoms with Crippen molar-refractivity contribution in [2.24, 2.45) is 5.73 Å². The molecule has 1 saturated carbocycles. The fourth-order valence-electron chi connectivity index (χ4n) is 3.17. The minimum atomic E-state index is -0.280. The van der Waals surface area contributed by atoms with Gasteiger partial charge >= 0.3 is 0 Å². The minimum Gasteiger partial charge on any atom is -0.494 e. The number of ether oxygens (including phenoxy) is 1. The summed E-state index contributed by atoms with van der Waals surface area (Å²) < 4.78 is 18.8. The second kappa shape index (κ2) is 8.35. The zero-order valence-corrected chi connectivity index (χ0v) is 13.0. The molecule has 1 fully saturated rings. The van der Waals surface area contributed by atoms with Crippen LogP contribution in [0.25, 0.3) is 0 Å². The molecule has 0 atom stereocenters. The van der Waals surface area contributed by atoms with Crippen molar-refractivity contribution >= 4 is 0 Å². The zero-order chi connectivity index (χ0) is 15.1. The molecule has 0 amide bonds. The molecule has 1 aliphatic rings. The molecule has 0 bridgehead atoms. The van der Waals surface area contributed by atoms with Crippen LogP contribution in [-0.2, 0) is 6.54 Å². The van der Waals surface area contributed by atoms with Crippen molar-refractivity contribution in [1.82, 2.24) is 4.90 Å². The molecule has 1 aromatic carbocycles. The molecular formula is C17H27FN2O. The van der Waals surface area contributed by atoms with Crippen LogP contribution in [0.2, 0.25) is 0 Å². The highest BCUT2D eigenvalue weighted by atomic mass is 19.1. The molecule has 1 aliphatic carbocycles. The first-order valence-corrected chi connectivity index (χ1v) is 8.01. The number of rotatable bonds is 7. The lowest BCUT2D eigenvalue weighted by atomic mass is 9.93. The molecule has 0 aromatic heterocycles. The summed E-state index contributed by atoms with van der Waals surface area (Å²) in [7, 11) is 1.49. The number of nitrogens with two attached hydrogens (primary N) is 1. The zero-order valence-electron chi connectivity index (χ0n) is 13.0. The van der Waals surface area contributed by atoms with Gasteiger partial charge in [-0.1, -0.05) is 25.3 Å². The highest BCUT2D eigenvalue weighted by molar-refractivity contribution is 5.29. The summed E-state index contributed by atoms with van der Waals surface area (Å²) >= 11 is 0. The van der Waals surface area contributed by atoms with Crippen LogP contribution >= 0.6 is 0 Å². The summed E-state index contributed by atoms with van der Waals surface area (Å²) in [6.07, 6.45) is 7.46. The van der Waals surface area contributed by atoms with Gasteiger partial charge in [0.1, 0.15) is 0 Å². The summed E-state index contributed by atoms with van der Waals surface area (Å²) in [6, 6.07) is 5.89. The van der Waals surface area contributed by atoms with Crippen LogP contribution in [0.4, 0.5) is 4.39 Å². The van der Waals surface area contributed by atoms with Crippen LogP contribution in [0.15, 0.2) is 18.2 Å². The first-order valence-electron chi connectivity index (χ1n) is 8.01. The van der Waals surface area contributed by atoms with Gasteiger partial charge in [0.15, 0.2) is 11.6 Å². The third kappa shape index (κ3) is 4.68. The van der Waals surface area contributed by atoms with Crippen molar-refractivity contribution in [3.8, 4) is 5.75 Å². The number of hydrogen-bond donors (Lipinski definition) is 1. The van der Waals surface area contributed by atoms with E-state index in [2.05, 4.69) is 4.90 Å². The average Bonchev–Trinajstić information content (AvgIpc) is 2.52. The molecule has 4 heteroatoms. The van der Waals surface area contributed by atoms with Gasteiger partial charge in [-0.3, -0.25) is 4.90 Å². The Bertz CT molecular complexity index is 433. The van der Waals surface area contributed by atoms with Crippen molar-refractivity contribution in [1.29, 1.82) is 0 Å². The number of nitrogens with zero attached hydrogens (tertiary/aromatic N) is 1. The molecule has 0 saturated heterocycles. The Morgan fingerprint density at radius 1 is 1.29 bits per heavy atom. The molecule has 0 aliphatic heterocycles. The number of halogens is 1. The standard InChI is InChI=1S/C17H27FN2O/c1-21-17-9-8-14(12-16(17)18)13-20(11-5-10-19)15-6-3-2-4-7-15/h8-9,12,15H,2-7,10-11,13,19H2,1H3. The molecule has 3 nitrogen and oxygen atoms in total. The van der Waals surface area contributed by atoms with E-state index in [1.807, 2.05) is 6.07 Å². The molecule has 0 radical (unpaired) electrons. The Hall–Kier alpha value is -1.13. The molecule has 1 aromatic rings. The maximum Gasteiger partial charge on any atom is 0.165 e. The van der Waals surface area contributed by atoms with Crippen molar-refractivity contribution in [3.05, 3.63) is 29.6 Å². The van der Waals surface area contributed by atoms with E-state index in [1.54, 1.807) is 12.1 Å². The second-order valence-electron chi connectivity index (χ2n) is 5.87. The van der Waals surface area contributed by atoms with Crippen LogP contribution in [-0.4, -0.2) is 31.1 Å². The lowest BCUT2D eigenvalue weighted by molar-refractivity contribution is 0.147. The van der Waals surface area contributed by atoms with Gasteiger partial charge in [0, 0.05) is 12.6 Å². The second-order valence-corrected chi connectivity index (χ2v) is 5.87. The van der Waals surface area contributed by atoms with Gasteiger partial charge in [-0.2, -0.15) is 0 Å². The molecule has 0 heterocycles. The van der Waals surface area contributed by atoms with Crippen LogP contribution in [0, 0.1) is 5.82 Å². The van der Waals surface area contributed by atoms with Gasteiger partial charge in [0.25, 0.3) is 0 Å². The van der Waals surface area contributed by atoms with Gasteiger partial charge in [-0.15, -0.1) is 0 Å². The summed E-state index contributed by atoms with van der Waals surface area (Å²) in [6.45, 7) is 2.50. The van der Waals surface area contributed by atoms with Crippen molar-refractivity contribution < 1.29 is 9.13 Å². The number of methoxy groups -OCH3 is 1. The summed E-state index contributed by atoms with van der Waals surface area (Å²) in [5, 5.41) is 0. The monoisotopic (exact) mass is 294 g/mol. The highest BCUT2D eigenvalue weighted by Gasteiger charge is 2.21. The summed E-state index contributed by atoms with van der Waals surface area (Å²) in [5.41, 5.74) is 6.67. The lowest BCUT2D eigenvalue weighted by Gasteiger charge is -2.34. The first kappa shape index (κ1) is 16.2. The van der Waals surface area contributed by atoms with E-state index in [4.69, 9.17) is 10.5 Å². The predicted octanol–water partition coefficient (Wildman–Crippen LogP) is 3.32. The quantitative estimate of drug-likeness (QED) is 0.838. The van der Waals surface area contributed by atoms with Gasteiger partial charge in [0.05, 0.1) is 7.11 Å². The maximum absolute atomic E-state index is 13.8. The van der Waals surface area contributed by atoms with Crippen molar-refractivity contribution in [2.75, 3.05) is 20.2 Å². The van der Waals surface area contributed by atoms with Crippen molar-refractivity contribution in [3.63, 3.8) is 0 Å². The maximum atomic E-state index is 13.8. The first-order chi connectivity index (χ1) is 10.2. The minimum absolute atomic E-state index is 0.280. The van der Waals surface area contributed by atoms with E-state index < -0.39 is 0 Å². The Labute approximate surface area is 127 Å². The highest BCUT2D eigenvalue weighted by Crippen LogP contribution is 2.25. The third-order valence-corrected chi connectivity index (χ3v) is 4.34. The van der Waals surface area contributed by atoms with Gasteiger partial charge in [-0.05, 0) is 50.0 Å². The fraction of sp³-hybridized carbons (Fsp3) is 0.647. The Morgan fingerprint density at radius 3 is 2.67 bits per heavy atom. The average molecular weight is 294 g/mol. The van der Waals surface area contributed by atoms with Gasteiger partial charge in [-0.25, -0.2) is 4.39 Å². The third-order valence-electron chi connectivity index (χ3n) is 4.34. The Kier molecular flexibility index (Phi) is 6.46. The smallest absolute Gasteiger partial charge is 0.165 e. The van der Waals surface area contributed by atoms with E-state index in [9.17, 15) is 4.39 Å². The molecule has 2 rings (SSSR count). The summed E-state index contributed by atoms with van der Waals surface area (Å²) in [5.74, 6) is 0.0299. The predicted molar refractivity (Wildman–Crippen MR) is 83.9 cm³/mol. The van der Waals surface area contributed by atoms with Gasteiger partial charge in [0.2, 0.25) is 0 Å². The molecular weight excluding hydrogens is 267 g/mol. The number of benzene rings is 1. The molecule has 118 valence electrons. The largest absolute Gasteiger partial charge is 0.494 e. The van der Waals surface area contributed by atoms with Crippen LogP contribution in [0.1, 0.15) is 44.1 Å². The van der Waals surface area contributed by atoms with E-state index in [0.717, 1.165) is 25.1 Å². The molecule has 0 unspecified atom stereocenters. The Balaban J connectivity index is 2.04. The normalized spacial score (nSPS) is 16.4. The van der Waals surface area contributed by atoms with Gasteiger partial charge < -0.3 is 10.5 Å². The molecule has 2 N–H and O–H groups in total. The lowest BCUT2D eigenvalue weighted by Crippen LogP contribution is -2.37. The Morgan fingerprint density at radius 2 is 2.05 bits per heavy atom. The summed E-state index contributed by atoms with van der Waals surface area (Å²) in [4.78, 5) is 2.48. The topological polar surface area (TPSA) is 38.5 Å². The molecule has 21 heavy (non-hydrogen) atoms. The van der Waals surface area contributed by atoms with E-state index >= 15 is 0 Å². The van der Waals surface area contributed by atoms with Crippen LogP contribution in [0.5, 0.6) is 5.75 Å². The van der Waals surface area contributed by atoms with E-state index in [0.29, 0.717) is 18.3 Å². The van der Waals surface area contributed by atoms with Crippen LogP contribution in [0.3, 0.4) is 0 Å². The van der Waals surface area contributed by atoms with E-state index in [-0.39, 0.29) is 5.82 Å². The fourth-order valence-corrected chi connectivity index (χ4v) is 3.17. The van der Waals surface area contributed by atoms with E-state index in [1.165, 1.54) is 39.2 Å².